The molecule has 0 radical (unpaired) electrons. The van der Waals surface area contributed by atoms with Gasteiger partial charge in [0.05, 0.1) is 0 Å². The van der Waals surface area contributed by atoms with E-state index in [1.54, 1.807) is 6.07 Å². The van der Waals surface area contributed by atoms with Gasteiger partial charge in [-0.3, -0.25) is 0 Å². The Balaban J connectivity index is 2.09. The molecule has 1 fully saturated rings. The molecule has 6 heteroatoms. The standard InChI is InChI=1S/C11H18N2O2S2/c1-11(2)5-9(11)13-17(14,15)10-4-8(6-12-3)7-16-10/h4,7,9,12-13H,5-6H2,1-3H3. The van der Waals surface area contributed by atoms with Gasteiger partial charge >= 0.3 is 0 Å². The number of hydrogen-bond donors (Lipinski definition) is 2. The molecule has 4 nitrogen and oxygen atoms in total. The second-order valence-electron chi connectivity index (χ2n) is 5.17. The third kappa shape index (κ3) is 2.88. The molecule has 17 heavy (non-hydrogen) atoms. The number of thiophene rings is 1. The summed E-state index contributed by atoms with van der Waals surface area (Å²) in [7, 11) is -1.48. The van der Waals surface area contributed by atoms with Crippen molar-refractivity contribution in [3.63, 3.8) is 0 Å². The highest BCUT2D eigenvalue weighted by Gasteiger charge is 2.48. The van der Waals surface area contributed by atoms with Crippen LogP contribution in [0.4, 0.5) is 0 Å². The van der Waals surface area contributed by atoms with Crippen molar-refractivity contribution in [2.75, 3.05) is 7.05 Å². The van der Waals surface area contributed by atoms with Crippen molar-refractivity contribution >= 4 is 21.4 Å². The number of rotatable bonds is 5. The van der Waals surface area contributed by atoms with Crippen LogP contribution in [0.25, 0.3) is 0 Å². The minimum absolute atomic E-state index is 0.0855. The average molecular weight is 274 g/mol. The van der Waals surface area contributed by atoms with Gasteiger partial charge in [-0.15, -0.1) is 11.3 Å². The highest BCUT2D eigenvalue weighted by molar-refractivity contribution is 7.91. The minimum Gasteiger partial charge on any atom is -0.316 e. The van der Waals surface area contributed by atoms with Gasteiger partial charge in [0, 0.05) is 12.6 Å². The number of nitrogens with one attached hydrogen (secondary N) is 2. The second-order valence-corrected chi connectivity index (χ2v) is 8.02. The molecule has 0 amide bonds. The van der Waals surface area contributed by atoms with Gasteiger partial charge in [-0.2, -0.15) is 0 Å². The van der Waals surface area contributed by atoms with Crippen LogP contribution in [-0.4, -0.2) is 21.5 Å². The molecule has 0 spiro atoms. The summed E-state index contributed by atoms with van der Waals surface area (Å²) in [5, 5.41) is 4.88. The van der Waals surface area contributed by atoms with Crippen molar-refractivity contribution in [1.82, 2.24) is 10.0 Å². The van der Waals surface area contributed by atoms with E-state index in [0.717, 1.165) is 12.0 Å². The van der Waals surface area contributed by atoms with Crippen molar-refractivity contribution in [1.29, 1.82) is 0 Å². The van der Waals surface area contributed by atoms with Gasteiger partial charge in [-0.25, -0.2) is 13.1 Å². The van der Waals surface area contributed by atoms with Crippen LogP contribution in [0.3, 0.4) is 0 Å². The van der Waals surface area contributed by atoms with Gasteiger partial charge in [0.2, 0.25) is 10.0 Å². The van der Waals surface area contributed by atoms with Crippen LogP contribution in [0.15, 0.2) is 15.7 Å². The van der Waals surface area contributed by atoms with Crippen molar-refractivity contribution in [3.05, 3.63) is 17.0 Å². The summed E-state index contributed by atoms with van der Waals surface area (Å²) in [5.41, 5.74) is 1.12. The van der Waals surface area contributed by atoms with Gasteiger partial charge in [-0.1, -0.05) is 13.8 Å². The highest BCUT2D eigenvalue weighted by Crippen LogP contribution is 2.45. The fourth-order valence-corrected chi connectivity index (χ4v) is 4.34. The fourth-order valence-electron chi connectivity index (χ4n) is 1.70. The first kappa shape index (κ1) is 13.0. The second kappa shape index (κ2) is 4.35. The van der Waals surface area contributed by atoms with E-state index in [4.69, 9.17) is 0 Å². The molecule has 1 unspecified atom stereocenters. The van der Waals surface area contributed by atoms with Crippen molar-refractivity contribution in [3.8, 4) is 0 Å². The van der Waals surface area contributed by atoms with Crippen LogP contribution in [0.1, 0.15) is 25.8 Å². The smallest absolute Gasteiger partial charge is 0.250 e. The molecular formula is C11H18N2O2S2. The molecule has 2 rings (SSSR count). The predicted molar refractivity (Wildman–Crippen MR) is 69.6 cm³/mol. The molecule has 1 heterocycles. The van der Waals surface area contributed by atoms with Gasteiger partial charge < -0.3 is 5.32 Å². The molecule has 0 aromatic carbocycles. The van der Waals surface area contributed by atoms with E-state index in [2.05, 4.69) is 23.9 Å². The number of hydrogen-bond acceptors (Lipinski definition) is 4. The summed E-state index contributed by atoms with van der Waals surface area (Å²) in [6.07, 6.45) is 0.918. The van der Waals surface area contributed by atoms with E-state index >= 15 is 0 Å². The highest BCUT2D eigenvalue weighted by atomic mass is 32.2. The Morgan fingerprint density at radius 1 is 1.53 bits per heavy atom. The first-order valence-corrected chi connectivity index (χ1v) is 7.96. The van der Waals surface area contributed by atoms with Crippen molar-refractivity contribution < 1.29 is 8.42 Å². The Hall–Kier alpha value is -0.430. The maximum atomic E-state index is 12.1. The summed E-state index contributed by atoms with van der Waals surface area (Å²) in [5.74, 6) is 0. The van der Waals surface area contributed by atoms with Crippen LogP contribution in [0.2, 0.25) is 0 Å². The SMILES string of the molecule is CNCc1csc(S(=O)(=O)NC2CC2(C)C)c1. The molecule has 1 atom stereocenters. The zero-order chi connectivity index (χ0) is 12.7. The van der Waals surface area contributed by atoms with Gasteiger partial charge in [-0.05, 0) is 35.9 Å². The van der Waals surface area contributed by atoms with E-state index in [9.17, 15) is 8.42 Å². The number of sulfonamides is 1. The van der Waals surface area contributed by atoms with E-state index in [1.165, 1.54) is 11.3 Å². The molecule has 2 N–H and O–H groups in total. The van der Waals surface area contributed by atoms with Gasteiger partial charge in [0.15, 0.2) is 0 Å². The van der Waals surface area contributed by atoms with E-state index in [-0.39, 0.29) is 11.5 Å². The third-order valence-corrected chi connectivity index (χ3v) is 6.05. The van der Waals surface area contributed by atoms with Crippen LogP contribution in [0, 0.1) is 5.41 Å². The molecule has 0 bridgehead atoms. The molecule has 1 aliphatic carbocycles. The lowest BCUT2D eigenvalue weighted by Gasteiger charge is -2.05. The molecule has 0 aliphatic heterocycles. The zero-order valence-corrected chi connectivity index (χ0v) is 11.9. The summed E-state index contributed by atoms with van der Waals surface area (Å²) < 4.78 is 27.3. The lowest BCUT2D eigenvalue weighted by Crippen LogP contribution is -2.27. The predicted octanol–water partition coefficient (Wildman–Crippen LogP) is 1.54. The lowest BCUT2D eigenvalue weighted by atomic mass is 10.2. The van der Waals surface area contributed by atoms with Crippen LogP contribution in [0.5, 0.6) is 0 Å². The molecule has 1 aromatic rings. The monoisotopic (exact) mass is 274 g/mol. The Bertz CT molecular complexity index is 505. The Kier molecular flexibility index (Phi) is 3.33. The average Bonchev–Trinajstić information content (AvgIpc) is 2.66. The largest absolute Gasteiger partial charge is 0.316 e. The fraction of sp³-hybridized carbons (Fsp3) is 0.636. The maximum absolute atomic E-state index is 12.1. The quantitative estimate of drug-likeness (QED) is 0.856. The normalized spacial score (nSPS) is 22.6. The Morgan fingerprint density at radius 3 is 2.71 bits per heavy atom. The Labute approximate surface area is 106 Å². The first-order valence-electron chi connectivity index (χ1n) is 5.59. The first-order chi connectivity index (χ1) is 7.85. The molecule has 0 saturated heterocycles. The van der Waals surface area contributed by atoms with Gasteiger partial charge in [0.1, 0.15) is 4.21 Å². The van der Waals surface area contributed by atoms with Crippen molar-refractivity contribution in [2.45, 2.75) is 37.1 Å². The van der Waals surface area contributed by atoms with Crippen LogP contribution >= 0.6 is 11.3 Å². The van der Waals surface area contributed by atoms with E-state index < -0.39 is 10.0 Å². The zero-order valence-electron chi connectivity index (χ0n) is 10.3. The Morgan fingerprint density at radius 2 is 2.18 bits per heavy atom. The summed E-state index contributed by atoms with van der Waals surface area (Å²) in [6.45, 7) is 4.84. The van der Waals surface area contributed by atoms with Gasteiger partial charge in [0.25, 0.3) is 0 Å². The summed E-state index contributed by atoms with van der Waals surface area (Å²) >= 11 is 1.28. The topological polar surface area (TPSA) is 58.2 Å². The van der Waals surface area contributed by atoms with E-state index in [0.29, 0.717) is 10.8 Å². The van der Waals surface area contributed by atoms with E-state index in [1.807, 2.05) is 12.4 Å². The summed E-state index contributed by atoms with van der Waals surface area (Å²) in [6, 6.07) is 1.82. The van der Waals surface area contributed by atoms with Crippen molar-refractivity contribution in [2.24, 2.45) is 5.41 Å². The van der Waals surface area contributed by atoms with Crippen LogP contribution in [-0.2, 0) is 16.6 Å². The molecule has 1 saturated carbocycles. The summed E-state index contributed by atoms with van der Waals surface area (Å²) in [4.78, 5) is 0. The molecule has 1 aromatic heterocycles. The lowest BCUT2D eigenvalue weighted by molar-refractivity contribution is 0.556. The van der Waals surface area contributed by atoms with Crippen LogP contribution < -0.4 is 10.0 Å². The molecule has 96 valence electrons. The third-order valence-electron chi connectivity index (χ3n) is 3.09. The molecular weight excluding hydrogens is 256 g/mol. The molecule has 1 aliphatic rings. The maximum Gasteiger partial charge on any atom is 0.250 e. The minimum atomic E-state index is -3.32.